The number of nitrogens with one attached hydrogen (secondary N) is 2. The van der Waals surface area contributed by atoms with E-state index in [1.807, 2.05) is 0 Å². The first kappa shape index (κ1) is 27.2. The molecule has 2 heterocycles. The second kappa shape index (κ2) is 13.0. The molecule has 1 aromatic rings. The molecule has 1 atom stereocenters. The summed E-state index contributed by atoms with van der Waals surface area (Å²) in [6, 6.07) is 3.21. The van der Waals surface area contributed by atoms with E-state index >= 15 is 0 Å². The van der Waals surface area contributed by atoms with Crippen LogP contribution in [-0.2, 0) is 0 Å². The molecule has 0 saturated carbocycles. The SMILES string of the molecule is C=C(NC(=C(/C)SC)/C(C)=C(\C)C1CCCNCC1)SC(=O)c1ccc(C(=O)N(C)C)nc1. The fraction of sp³-hybridized carbons (Fsp3) is 0.480. The lowest BCUT2D eigenvalue weighted by Gasteiger charge is -2.22. The predicted octanol–water partition coefficient (Wildman–Crippen LogP) is 5.04. The lowest BCUT2D eigenvalue weighted by Crippen LogP contribution is -2.22. The van der Waals surface area contributed by atoms with Crippen LogP contribution >= 0.6 is 23.5 Å². The summed E-state index contributed by atoms with van der Waals surface area (Å²) in [5, 5.41) is 7.28. The fourth-order valence-corrected chi connectivity index (χ4v) is 4.73. The zero-order chi connectivity index (χ0) is 24.5. The number of rotatable bonds is 8. The van der Waals surface area contributed by atoms with Crippen molar-refractivity contribution in [3.63, 3.8) is 0 Å². The van der Waals surface area contributed by atoms with Gasteiger partial charge in [0.25, 0.3) is 5.91 Å². The summed E-state index contributed by atoms with van der Waals surface area (Å²) in [5.41, 5.74) is 4.37. The molecule has 1 aliphatic rings. The highest BCUT2D eigenvalue weighted by Gasteiger charge is 2.19. The van der Waals surface area contributed by atoms with Crippen molar-refractivity contribution in [2.24, 2.45) is 5.92 Å². The topological polar surface area (TPSA) is 74.3 Å². The number of thioether (sulfide) groups is 2. The minimum Gasteiger partial charge on any atom is -0.350 e. The molecule has 0 bridgehead atoms. The Hall–Kier alpha value is -2.03. The Morgan fingerprint density at radius 3 is 2.52 bits per heavy atom. The molecule has 180 valence electrons. The standard InChI is InChI=1S/C25H36N4O2S2/c1-16(20-9-8-13-26-14-12-20)17(2)23(18(3)32-7)28-19(4)33-25(31)21-10-11-22(27-15-21)24(30)29(5)6/h10-11,15,20,26,28H,4,8-9,12-14H2,1-3,5-7H3/b17-16+,23-18-. The second-order valence-electron chi connectivity index (χ2n) is 8.39. The third-order valence-electron chi connectivity index (χ3n) is 5.92. The van der Waals surface area contributed by atoms with Gasteiger partial charge in [-0.2, -0.15) is 0 Å². The summed E-state index contributed by atoms with van der Waals surface area (Å²) >= 11 is 2.72. The number of hydrogen-bond acceptors (Lipinski definition) is 7. The number of carbonyl (C=O) groups is 2. The van der Waals surface area contributed by atoms with E-state index in [9.17, 15) is 9.59 Å². The number of allylic oxidation sites excluding steroid dienone is 3. The van der Waals surface area contributed by atoms with Crippen molar-refractivity contribution >= 4 is 34.5 Å². The summed E-state index contributed by atoms with van der Waals surface area (Å²) in [7, 11) is 3.34. The first-order chi connectivity index (χ1) is 15.6. The quantitative estimate of drug-likeness (QED) is 0.497. The van der Waals surface area contributed by atoms with Gasteiger partial charge in [-0.25, -0.2) is 0 Å². The normalized spacial score (nSPS) is 17.9. The minimum absolute atomic E-state index is 0.168. The molecule has 1 aliphatic heterocycles. The van der Waals surface area contributed by atoms with Crippen LogP contribution in [0.3, 0.4) is 0 Å². The number of nitrogens with zero attached hydrogens (tertiary/aromatic N) is 2. The lowest BCUT2D eigenvalue weighted by molar-refractivity contribution is 0.0821. The van der Waals surface area contributed by atoms with Gasteiger partial charge in [-0.05, 0) is 94.8 Å². The molecule has 1 unspecified atom stereocenters. The van der Waals surface area contributed by atoms with Crippen LogP contribution in [0, 0.1) is 5.92 Å². The Bertz CT molecular complexity index is 928. The fourth-order valence-electron chi connectivity index (χ4n) is 3.71. The molecule has 6 nitrogen and oxygen atoms in total. The average Bonchev–Trinajstić information content (AvgIpc) is 3.10. The van der Waals surface area contributed by atoms with E-state index in [1.54, 1.807) is 38.0 Å². The highest BCUT2D eigenvalue weighted by Crippen LogP contribution is 2.31. The van der Waals surface area contributed by atoms with Crippen LogP contribution in [-0.4, -0.2) is 54.3 Å². The summed E-state index contributed by atoms with van der Waals surface area (Å²) in [6.45, 7) is 12.7. The second-order valence-corrected chi connectivity index (χ2v) is 10.5. The van der Waals surface area contributed by atoms with Crippen LogP contribution in [0.2, 0.25) is 0 Å². The lowest BCUT2D eigenvalue weighted by atomic mass is 9.89. The third-order valence-corrected chi connectivity index (χ3v) is 7.50. The summed E-state index contributed by atoms with van der Waals surface area (Å²) in [4.78, 5) is 31.5. The Labute approximate surface area is 206 Å². The third kappa shape index (κ3) is 7.76. The van der Waals surface area contributed by atoms with Crippen LogP contribution in [0.5, 0.6) is 0 Å². The van der Waals surface area contributed by atoms with Gasteiger partial charge in [0.15, 0.2) is 0 Å². The minimum atomic E-state index is -0.197. The Morgan fingerprint density at radius 1 is 1.18 bits per heavy atom. The Balaban J connectivity index is 2.13. The number of amides is 1. The smallest absolute Gasteiger partial charge is 0.271 e. The highest BCUT2D eigenvalue weighted by molar-refractivity contribution is 8.17. The Morgan fingerprint density at radius 2 is 1.91 bits per heavy atom. The van der Waals surface area contributed by atoms with Gasteiger partial charge in [-0.15, -0.1) is 11.8 Å². The number of carbonyl (C=O) groups excluding carboxylic acids is 2. The average molecular weight is 489 g/mol. The van der Waals surface area contributed by atoms with Gasteiger partial charge in [0.1, 0.15) is 5.69 Å². The van der Waals surface area contributed by atoms with Crippen molar-refractivity contribution in [1.29, 1.82) is 0 Å². The zero-order valence-electron chi connectivity index (χ0n) is 20.6. The van der Waals surface area contributed by atoms with Gasteiger partial charge in [-0.3, -0.25) is 14.6 Å². The summed E-state index contributed by atoms with van der Waals surface area (Å²) in [6.07, 6.45) is 7.02. The van der Waals surface area contributed by atoms with Crippen LogP contribution in [0.25, 0.3) is 0 Å². The van der Waals surface area contributed by atoms with Gasteiger partial charge >= 0.3 is 0 Å². The van der Waals surface area contributed by atoms with Crippen molar-refractivity contribution in [2.75, 3.05) is 33.4 Å². The van der Waals surface area contributed by atoms with E-state index in [-0.39, 0.29) is 11.0 Å². The molecule has 1 fully saturated rings. The molecule has 0 aliphatic carbocycles. The van der Waals surface area contributed by atoms with Gasteiger partial charge < -0.3 is 15.5 Å². The first-order valence-electron chi connectivity index (χ1n) is 11.1. The maximum absolute atomic E-state index is 12.8. The predicted molar refractivity (Wildman–Crippen MR) is 141 cm³/mol. The van der Waals surface area contributed by atoms with Crippen LogP contribution in [0.15, 0.2) is 51.7 Å². The molecule has 1 aromatic heterocycles. The van der Waals surface area contributed by atoms with Crippen molar-refractivity contribution in [3.8, 4) is 0 Å². The summed E-state index contributed by atoms with van der Waals surface area (Å²) in [5.74, 6) is 0.362. The Kier molecular flexibility index (Phi) is 10.7. The van der Waals surface area contributed by atoms with Gasteiger partial charge in [0, 0.05) is 30.8 Å². The molecular formula is C25H36N4O2S2. The van der Waals surface area contributed by atoms with E-state index in [0.29, 0.717) is 22.2 Å². The van der Waals surface area contributed by atoms with E-state index in [0.717, 1.165) is 41.9 Å². The summed E-state index contributed by atoms with van der Waals surface area (Å²) < 4.78 is 0. The molecule has 2 rings (SSSR count). The van der Waals surface area contributed by atoms with Crippen molar-refractivity contribution in [1.82, 2.24) is 20.5 Å². The molecule has 0 spiro atoms. The first-order valence-corrected chi connectivity index (χ1v) is 13.2. The van der Waals surface area contributed by atoms with Crippen molar-refractivity contribution in [3.05, 3.63) is 62.9 Å². The van der Waals surface area contributed by atoms with Crippen LogP contribution in [0.4, 0.5) is 0 Å². The van der Waals surface area contributed by atoms with Gasteiger partial charge in [0.2, 0.25) is 5.12 Å². The van der Waals surface area contributed by atoms with Crippen molar-refractivity contribution < 1.29 is 9.59 Å². The monoisotopic (exact) mass is 488 g/mol. The van der Waals surface area contributed by atoms with E-state index in [1.165, 1.54) is 35.1 Å². The van der Waals surface area contributed by atoms with E-state index in [4.69, 9.17) is 0 Å². The molecule has 0 radical (unpaired) electrons. The number of pyridine rings is 1. The molecule has 8 heteroatoms. The van der Waals surface area contributed by atoms with Crippen LogP contribution in [0.1, 0.15) is 60.9 Å². The number of hydrogen-bond donors (Lipinski definition) is 2. The van der Waals surface area contributed by atoms with Crippen molar-refractivity contribution in [2.45, 2.75) is 40.0 Å². The van der Waals surface area contributed by atoms with Gasteiger partial charge in [0.05, 0.1) is 10.7 Å². The van der Waals surface area contributed by atoms with E-state index in [2.05, 4.69) is 49.2 Å². The molecular weight excluding hydrogens is 452 g/mol. The molecule has 33 heavy (non-hydrogen) atoms. The number of aromatic nitrogens is 1. The largest absolute Gasteiger partial charge is 0.350 e. The maximum atomic E-state index is 12.8. The van der Waals surface area contributed by atoms with Gasteiger partial charge in [-0.1, -0.05) is 12.2 Å². The molecule has 2 N–H and O–H groups in total. The molecule has 1 saturated heterocycles. The zero-order valence-corrected chi connectivity index (χ0v) is 22.2. The maximum Gasteiger partial charge on any atom is 0.271 e. The van der Waals surface area contributed by atoms with Crippen LogP contribution < -0.4 is 10.6 Å². The molecule has 1 amide bonds. The van der Waals surface area contributed by atoms with E-state index < -0.39 is 0 Å². The molecule has 0 aromatic carbocycles. The highest BCUT2D eigenvalue weighted by atomic mass is 32.2.